The molecule has 0 fully saturated rings. The molecule has 12 heteroatoms. The number of hydrogen-bond acceptors (Lipinski definition) is 4. The zero-order valence-corrected chi connectivity index (χ0v) is 18.9. The van der Waals surface area contributed by atoms with E-state index in [9.17, 15) is 35.9 Å². The average molecular weight is 512 g/mol. The Bertz CT molecular complexity index is 1040. The van der Waals surface area contributed by atoms with Gasteiger partial charge in [-0.1, -0.05) is 23.7 Å². The number of alkyl carbamates (subject to hydrolysis) is 1. The van der Waals surface area contributed by atoms with Crippen molar-refractivity contribution in [1.82, 2.24) is 5.32 Å². The summed E-state index contributed by atoms with van der Waals surface area (Å²) >= 11 is 5.84. The third kappa shape index (κ3) is 7.28. The molecular formula is C22H20ClF6NO4. The van der Waals surface area contributed by atoms with Gasteiger partial charge in [0, 0.05) is 11.1 Å². The maximum Gasteiger partial charge on any atom is 0.456 e. The number of benzene rings is 2. The molecule has 0 heterocycles. The van der Waals surface area contributed by atoms with Gasteiger partial charge in [0.05, 0.1) is 5.56 Å². The first kappa shape index (κ1) is 27.3. The highest BCUT2D eigenvalue weighted by atomic mass is 35.5. The van der Waals surface area contributed by atoms with Crippen LogP contribution in [0.4, 0.5) is 31.1 Å². The van der Waals surface area contributed by atoms with Crippen molar-refractivity contribution in [2.45, 2.75) is 44.5 Å². The zero-order valence-electron chi connectivity index (χ0n) is 18.1. The third-order valence-corrected chi connectivity index (χ3v) is 4.42. The highest BCUT2D eigenvalue weighted by molar-refractivity contribution is 6.30. The van der Waals surface area contributed by atoms with Gasteiger partial charge in [0.25, 0.3) is 0 Å². The Morgan fingerprint density at radius 2 is 1.59 bits per heavy atom. The molecule has 2 rings (SSSR count). The lowest BCUT2D eigenvalue weighted by Crippen LogP contribution is -2.41. The molecule has 0 aliphatic rings. The summed E-state index contributed by atoms with van der Waals surface area (Å²) in [5, 5.41) is 2.66. The highest BCUT2D eigenvalue weighted by Gasteiger charge is 2.58. The second-order valence-corrected chi connectivity index (χ2v) is 8.56. The topological polar surface area (TPSA) is 64.6 Å². The summed E-state index contributed by atoms with van der Waals surface area (Å²) in [4.78, 5) is 25.3. The first-order chi connectivity index (χ1) is 15.5. The number of amides is 1. The van der Waals surface area contributed by atoms with Crippen molar-refractivity contribution < 1.29 is 45.4 Å². The number of alkyl halides is 5. The summed E-state index contributed by atoms with van der Waals surface area (Å²) < 4.78 is 87.0. The summed E-state index contributed by atoms with van der Waals surface area (Å²) in [5.74, 6) is -8.02. The fourth-order valence-electron chi connectivity index (χ4n) is 2.58. The van der Waals surface area contributed by atoms with Crippen LogP contribution in [0.3, 0.4) is 0 Å². The van der Waals surface area contributed by atoms with Crippen molar-refractivity contribution in [3.05, 3.63) is 64.4 Å². The van der Waals surface area contributed by atoms with Gasteiger partial charge in [-0.05, 0) is 50.6 Å². The summed E-state index contributed by atoms with van der Waals surface area (Å²) in [5.41, 5.74) is -1.25. The number of ketones is 1. The van der Waals surface area contributed by atoms with Crippen molar-refractivity contribution in [1.29, 1.82) is 0 Å². The molecule has 0 spiro atoms. The van der Waals surface area contributed by atoms with Gasteiger partial charge >= 0.3 is 18.2 Å². The Morgan fingerprint density at radius 3 is 2.09 bits per heavy atom. The molecule has 1 N–H and O–H groups in total. The van der Waals surface area contributed by atoms with Crippen LogP contribution in [0.2, 0.25) is 5.02 Å². The molecule has 186 valence electrons. The van der Waals surface area contributed by atoms with E-state index in [2.05, 4.69) is 10.1 Å². The summed E-state index contributed by atoms with van der Waals surface area (Å²) in [6.45, 7) is 2.70. The van der Waals surface area contributed by atoms with Crippen LogP contribution in [-0.2, 0) is 4.74 Å². The third-order valence-electron chi connectivity index (χ3n) is 4.17. The number of carbonyl (C=O) groups is 2. The van der Waals surface area contributed by atoms with Crippen molar-refractivity contribution >= 4 is 23.5 Å². The lowest BCUT2D eigenvalue weighted by Gasteiger charge is -2.23. The smallest absolute Gasteiger partial charge is 0.456 e. The minimum Gasteiger partial charge on any atom is -0.487 e. The quantitative estimate of drug-likeness (QED) is 0.340. The normalized spacial score (nSPS) is 13.2. The van der Waals surface area contributed by atoms with Crippen LogP contribution in [0.5, 0.6) is 5.75 Å². The lowest BCUT2D eigenvalue weighted by molar-refractivity contribution is -0.290. The standard InChI is InChI=1S/C22H20ClF6NO4/c1-20(2,3)34-19(32)30-17(12-4-6-13(23)7-5-12)18(31)15-9-8-14(10-16(15)24)33-11-21(25,26)22(27,28)29/h4-10,17H,11H2,1-3H3,(H,30,32). The van der Waals surface area contributed by atoms with Crippen LogP contribution in [0.25, 0.3) is 0 Å². The van der Waals surface area contributed by atoms with Gasteiger partial charge in [-0.25, -0.2) is 9.18 Å². The number of ether oxygens (including phenoxy) is 2. The number of halogens is 7. The second kappa shape index (κ2) is 10.1. The highest BCUT2D eigenvalue weighted by Crippen LogP contribution is 2.36. The Labute approximate surface area is 196 Å². The monoisotopic (exact) mass is 511 g/mol. The van der Waals surface area contributed by atoms with Gasteiger partial charge in [0.15, 0.2) is 12.4 Å². The van der Waals surface area contributed by atoms with Crippen molar-refractivity contribution in [2.75, 3.05) is 6.61 Å². The predicted molar refractivity (Wildman–Crippen MR) is 111 cm³/mol. The minimum absolute atomic E-state index is 0.227. The van der Waals surface area contributed by atoms with E-state index < -0.39 is 59.4 Å². The number of nitrogens with one attached hydrogen (secondary N) is 1. The van der Waals surface area contributed by atoms with Gasteiger partial charge in [0.1, 0.15) is 23.2 Å². The first-order valence-corrected chi connectivity index (χ1v) is 10.0. The van der Waals surface area contributed by atoms with Crippen LogP contribution in [0.1, 0.15) is 42.7 Å². The van der Waals surface area contributed by atoms with Crippen molar-refractivity contribution in [2.24, 2.45) is 0 Å². The summed E-state index contributed by atoms with van der Waals surface area (Å²) in [6, 6.07) is 6.46. The van der Waals surface area contributed by atoms with Crippen LogP contribution < -0.4 is 10.1 Å². The van der Waals surface area contributed by atoms with E-state index in [0.717, 1.165) is 12.1 Å². The first-order valence-electron chi connectivity index (χ1n) is 9.66. The van der Waals surface area contributed by atoms with E-state index in [-0.39, 0.29) is 5.56 Å². The predicted octanol–water partition coefficient (Wildman–Crippen LogP) is 6.50. The van der Waals surface area contributed by atoms with Crippen molar-refractivity contribution in [3.63, 3.8) is 0 Å². The Kier molecular flexibility index (Phi) is 8.13. The van der Waals surface area contributed by atoms with E-state index >= 15 is 0 Å². The van der Waals surface area contributed by atoms with Gasteiger partial charge in [-0.3, -0.25) is 4.79 Å². The van der Waals surface area contributed by atoms with E-state index in [4.69, 9.17) is 16.3 Å². The van der Waals surface area contributed by atoms with Crippen LogP contribution in [0.15, 0.2) is 42.5 Å². The molecule has 1 amide bonds. The number of rotatable bonds is 7. The van der Waals surface area contributed by atoms with E-state index in [0.29, 0.717) is 11.1 Å². The molecule has 5 nitrogen and oxygen atoms in total. The molecule has 0 aliphatic carbocycles. The van der Waals surface area contributed by atoms with Crippen LogP contribution in [0, 0.1) is 5.82 Å². The molecule has 0 aromatic heterocycles. The van der Waals surface area contributed by atoms with Gasteiger partial charge in [-0.15, -0.1) is 0 Å². The maximum absolute atomic E-state index is 14.6. The number of carbonyl (C=O) groups excluding carboxylic acids is 2. The fraction of sp³-hybridized carbons (Fsp3) is 0.364. The molecular weight excluding hydrogens is 492 g/mol. The van der Waals surface area contributed by atoms with Gasteiger partial charge < -0.3 is 14.8 Å². The summed E-state index contributed by atoms with van der Waals surface area (Å²) in [6.07, 6.45) is -6.82. The van der Waals surface area contributed by atoms with E-state index in [1.54, 1.807) is 20.8 Å². The lowest BCUT2D eigenvalue weighted by atomic mass is 9.97. The Morgan fingerprint density at radius 1 is 1.00 bits per heavy atom. The largest absolute Gasteiger partial charge is 0.487 e. The molecule has 2 aromatic carbocycles. The number of Topliss-reactive ketones (excluding diaryl/α,β-unsaturated/α-hetero) is 1. The molecule has 2 aromatic rings. The van der Waals surface area contributed by atoms with Crippen LogP contribution >= 0.6 is 11.6 Å². The Hall–Kier alpha value is -2.95. The van der Waals surface area contributed by atoms with E-state index in [1.807, 2.05) is 0 Å². The molecule has 0 saturated heterocycles. The second-order valence-electron chi connectivity index (χ2n) is 8.13. The van der Waals surface area contributed by atoms with Crippen LogP contribution in [-0.4, -0.2) is 36.2 Å². The van der Waals surface area contributed by atoms with E-state index in [1.165, 1.54) is 24.3 Å². The van der Waals surface area contributed by atoms with Gasteiger partial charge in [-0.2, -0.15) is 22.0 Å². The van der Waals surface area contributed by atoms with Gasteiger partial charge in [0.2, 0.25) is 0 Å². The van der Waals surface area contributed by atoms with Crippen molar-refractivity contribution in [3.8, 4) is 5.75 Å². The molecule has 0 bridgehead atoms. The maximum atomic E-state index is 14.6. The Balaban J connectivity index is 2.30. The minimum atomic E-state index is -5.85. The number of hydrogen-bond donors (Lipinski definition) is 1. The molecule has 34 heavy (non-hydrogen) atoms. The molecule has 0 radical (unpaired) electrons. The molecule has 0 aliphatic heterocycles. The summed E-state index contributed by atoms with van der Waals surface area (Å²) in [7, 11) is 0. The SMILES string of the molecule is CC(C)(C)OC(=O)NC(C(=O)c1ccc(OCC(F)(F)C(F)(F)F)cc1F)c1ccc(Cl)cc1. The zero-order chi connectivity index (χ0) is 25.9. The average Bonchev–Trinajstić information content (AvgIpc) is 2.69. The fourth-order valence-corrected chi connectivity index (χ4v) is 2.70. The molecule has 1 unspecified atom stereocenters. The molecule has 1 atom stereocenters. The molecule has 0 saturated carbocycles.